The van der Waals surface area contributed by atoms with Gasteiger partial charge in [0.2, 0.25) is 5.91 Å². The van der Waals surface area contributed by atoms with Crippen LogP contribution in [-0.2, 0) is 24.3 Å². The molecule has 2 aromatic heterocycles. The van der Waals surface area contributed by atoms with Crippen molar-refractivity contribution in [3.63, 3.8) is 0 Å². The number of likely N-dealkylation sites (tertiary alicyclic amines) is 1. The van der Waals surface area contributed by atoms with Crippen molar-refractivity contribution in [2.24, 2.45) is 0 Å². The van der Waals surface area contributed by atoms with Crippen LogP contribution in [0.5, 0.6) is 0 Å². The fourth-order valence-corrected chi connectivity index (χ4v) is 5.17. The molecule has 2 N–H and O–H groups in total. The highest BCUT2D eigenvalue weighted by molar-refractivity contribution is 5.84. The van der Waals surface area contributed by atoms with Crippen LogP contribution in [-0.4, -0.2) is 50.8 Å². The van der Waals surface area contributed by atoms with Crippen molar-refractivity contribution >= 4 is 22.6 Å². The number of hydrogen-bond donors (Lipinski definition) is 2. The minimum atomic E-state index is -0.216. The maximum absolute atomic E-state index is 13.9. The summed E-state index contributed by atoms with van der Waals surface area (Å²) in [6, 6.07) is 4.87. The third-order valence-electron chi connectivity index (χ3n) is 6.81. The summed E-state index contributed by atoms with van der Waals surface area (Å²) in [6.07, 6.45) is 2.71. The van der Waals surface area contributed by atoms with E-state index < -0.39 is 0 Å². The number of carbonyl (C=O) groups excluding carboxylic acids is 1. The highest BCUT2D eigenvalue weighted by atomic mass is 19.1. The Morgan fingerprint density at radius 1 is 1.31 bits per heavy atom. The van der Waals surface area contributed by atoms with Crippen molar-refractivity contribution in [1.29, 1.82) is 0 Å². The number of aromatic nitrogens is 3. The predicted octanol–water partition coefficient (Wildman–Crippen LogP) is 3.69. The molecule has 0 aliphatic carbocycles. The number of nitrogens with zero attached hydrogens (tertiary/aromatic N) is 4. The second kappa shape index (κ2) is 8.16. The number of aryl methyl sites for hydroxylation is 1. The lowest BCUT2D eigenvalue weighted by atomic mass is 10.0. The molecule has 1 saturated heterocycles. The van der Waals surface area contributed by atoms with Crippen LogP contribution < -0.4 is 5.32 Å². The molecule has 5 rings (SSSR count). The van der Waals surface area contributed by atoms with E-state index in [9.17, 15) is 9.18 Å². The first kappa shape index (κ1) is 20.9. The quantitative estimate of drug-likeness (QED) is 0.652. The Morgan fingerprint density at radius 3 is 2.94 bits per heavy atom. The van der Waals surface area contributed by atoms with Gasteiger partial charge in [-0.05, 0) is 43.5 Å². The number of halogens is 1. The van der Waals surface area contributed by atoms with E-state index in [4.69, 9.17) is 9.97 Å². The number of benzene rings is 1. The van der Waals surface area contributed by atoms with Crippen LogP contribution in [0.4, 0.5) is 10.2 Å². The maximum atomic E-state index is 13.9. The van der Waals surface area contributed by atoms with Gasteiger partial charge >= 0.3 is 0 Å². The number of carbonyl (C=O) groups is 1. The van der Waals surface area contributed by atoms with Gasteiger partial charge in [0.1, 0.15) is 11.6 Å². The van der Waals surface area contributed by atoms with E-state index in [2.05, 4.69) is 15.2 Å². The first-order chi connectivity index (χ1) is 15.4. The Balaban J connectivity index is 1.42. The van der Waals surface area contributed by atoms with Gasteiger partial charge in [-0.25, -0.2) is 14.4 Å². The van der Waals surface area contributed by atoms with Gasteiger partial charge in [-0.2, -0.15) is 0 Å². The fraction of sp³-hybridized carbons (Fsp3) is 0.458. The Hall–Kier alpha value is -3.00. The Labute approximate surface area is 187 Å². The first-order valence-electron chi connectivity index (χ1n) is 11.3. The van der Waals surface area contributed by atoms with E-state index in [1.54, 1.807) is 19.1 Å². The van der Waals surface area contributed by atoms with Crippen molar-refractivity contribution in [2.45, 2.75) is 52.2 Å². The van der Waals surface area contributed by atoms with Crippen molar-refractivity contribution in [3.05, 3.63) is 52.4 Å². The van der Waals surface area contributed by atoms with Gasteiger partial charge in [0.15, 0.2) is 5.82 Å². The number of anilines is 1. The smallest absolute Gasteiger partial charge is 0.220 e. The van der Waals surface area contributed by atoms with Crippen LogP contribution in [0.1, 0.15) is 54.1 Å². The van der Waals surface area contributed by atoms with E-state index in [-0.39, 0.29) is 17.8 Å². The van der Waals surface area contributed by atoms with Crippen LogP contribution in [0, 0.1) is 12.7 Å². The van der Waals surface area contributed by atoms with Gasteiger partial charge in [0.25, 0.3) is 0 Å². The molecule has 0 saturated carbocycles. The van der Waals surface area contributed by atoms with Crippen LogP contribution in [0.3, 0.4) is 0 Å². The molecule has 4 heterocycles. The molecule has 168 valence electrons. The summed E-state index contributed by atoms with van der Waals surface area (Å²) >= 11 is 0. The Bertz CT molecular complexity index is 1170. The zero-order valence-corrected chi connectivity index (χ0v) is 18.8. The second-order valence-corrected chi connectivity index (χ2v) is 8.86. The number of nitrogens with one attached hydrogen (secondary N) is 2. The first-order valence-corrected chi connectivity index (χ1v) is 11.3. The van der Waals surface area contributed by atoms with Gasteiger partial charge in [0, 0.05) is 68.7 Å². The lowest BCUT2D eigenvalue weighted by molar-refractivity contribution is -0.129. The average Bonchev–Trinajstić information content (AvgIpc) is 3.38. The van der Waals surface area contributed by atoms with E-state index in [1.165, 1.54) is 6.07 Å². The van der Waals surface area contributed by atoms with E-state index >= 15 is 0 Å². The molecule has 3 aromatic rings. The molecule has 0 bridgehead atoms. The summed E-state index contributed by atoms with van der Waals surface area (Å²) in [5.74, 6) is 1.45. The number of amides is 1. The molecule has 0 radical (unpaired) electrons. The summed E-state index contributed by atoms with van der Waals surface area (Å²) in [4.78, 5) is 29.4. The van der Waals surface area contributed by atoms with Crippen LogP contribution in [0.2, 0.25) is 0 Å². The molecular weight excluding hydrogens is 407 g/mol. The molecule has 7 nitrogen and oxygen atoms in total. The summed E-state index contributed by atoms with van der Waals surface area (Å²) in [7, 11) is 1.88. The number of aromatic amines is 1. The molecule has 0 unspecified atom stereocenters. The van der Waals surface area contributed by atoms with Crippen LogP contribution in [0.15, 0.2) is 18.2 Å². The molecular formula is C24H29FN6O. The van der Waals surface area contributed by atoms with Gasteiger partial charge in [-0.1, -0.05) is 0 Å². The monoisotopic (exact) mass is 436 g/mol. The normalized spacial score (nSPS) is 18.9. The standard InChI is InChI=1S/C24H29FN6O/c1-14-18(17-11-16(25)6-7-20(17)27-14)12-30-10-8-21-19(13-30)23(26-3)29-24(28-21)22-5-4-9-31(22)15(2)32/h6-7,11,22,27H,4-5,8-10,12-13H2,1-3H3,(H,26,28,29)/t22-/m1/s1. The zero-order chi connectivity index (χ0) is 22.4. The minimum absolute atomic E-state index is 0.0355. The number of H-pyrrole nitrogens is 1. The molecule has 1 atom stereocenters. The van der Waals surface area contributed by atoms with Gasteiger partial charge in [-0.3, -0.25) is 9.69 Å². The summed E-state index contributed by atoms with van der Waals surface area (Å²) in [5.41, 5.74) is 5.34. The Kier molecular flexibility index (Phi) is 5.33. The van der Waals surface area contributed by atoms with Crippen molar-refractivity contribution in [1.82, 2.24) is 24.8 Å². The fourth-order valence-electron chi connectivity index (χ4n) is 5.17. The van der Waals surface area contributed by atoms with E-state index in [1.807, 2.05) is 18.9 Å². The topological polar surface area (TPSA) is 77.2 Å². The number of rotatable bonds is 4. The van der Waals surface area contributed by atoms with Crippen LogP contribution in [0.25, 0.3) is 10.9 Å². The minimum Gasteiger partial charge on any atom is -0.373 e. The zero-order valence-electron chi connectivity index (χ0n) is 18.8. The van der Waals surface area contributed by atoms with Gasteiger partial charge in [0.05, 0.1) is 11.7 Å². The van der Waals surface area contributed by atoms with Crippen molar-refractivity contribution < 1.29 is 9.18 Å². The molecule has 1 aromatic carbocycles. The number of hydrogen-bond acceptors (Lipinski definition) is 5. The third kappa shape index (κ3) is 3.62. The van der Waals surface area contributed by atoms with Crippen molar-refractivity contribution in [3.8, 4) is 0 Å². The largest absolute Gasteiger partial charge is 0.373 e. The molecule has 2 aliphatic rings. The Morgan fingerprint density at radius 2 is 2.16 bits per heavy atom. The predicted molar refractivity (Wildman–Crippen MR) is 122 cm³/mol. The lowest BCUT2D eigenvalue weighted by Gasteiger charge is -2.31. The lowest BCUT2D eigenvalue weighted by Crippen LogP contribution is -2.33. The molecule has 1 amide bonds. The maximum Gasteiger partial charge on any atom is 0.220 e. The molecule has 8 heteroatoms. The van der Waals surface area contributed by atoms with Gasteiger partial charge in [-0.15, -0.1) is 0 Å². The molecule has 32 heavy (non-hydrogen) atoms. The molecule has 0 spiro atoms. The average molecular weight is 437 g/mol. The third-order valence-corrected chi connectivity index (χ3v) is 6.81. The summed E-state index contributed by atoms with van der Waals surface area (Å²) in [5, 5.41) is 4.20. The van der Waals surface area contributed by atoms with Gasteiger partial charge < -0.3 is 15.2 Å². The number of fused-ring (bicyclic) bond motifs is 2. The summed E-state index contributed by atoms with van der Waals surface area (Å²) in [6.45, 7) is 6.77. The molecule has 1 fully saturated rings. The SMILES string of the molecule is CNc1nc([C@H]2CCCN2C(C)=O)nc2c1CN(Cc1c(C)[nH]c3ccc(F)cc13)CC2. The highest BCUT2D eigenvalue weighted by Gasteiger charge is 2.32. The molecule has 2 aliphatic heterocycles. The van der Waals surface area contributed by atoms with Crippen LogP contribution >= 0.6 is 0 Å². The van der Waals surface area contributed by atoms with E-state index in [0.29, 0.717) is 0 Å². The summed E-state index contributed by atoms with van der Waals surface area (Å²) < 4.78 is 13.9. The second-order valence-electron chi connectivity index (χ2n) is 8.86. The van der Waals surface area contributed by atoms with E-state index in [0.717, 1.165) is 90.5 Å². The highest BCUT2D eigenvalue weighted by Crippen LogP contribution is 2.34. The van der Waals surface area contributed by atoms with Crippen molar-refractivity contribution in [2.75, 3.05) is 25.5 Å².